The third kappa shape index (κ3) is 5.58. The van der Waals surface area contributed by atoms with Crippen LogP contribution in [0.3, 0.4) is 0 Å². The van der Waals surface area contributed by atoms with Gasteiger partial charge in [-0.3, -0.25) is 9.59 Å². The lowest BCUT2D eigenvalue weighted by atomic mass is 10.0. The van der Waals surface area contributed by atoms with Crippen molar-refractivity contribution in [2.75, 3.05) is 16.9 Å². The summed E-state index contributed by atoms with van der Waals surface area (Å²) in [5.74, 6) is 0.197. The highest BCUT2D eigenvalue weighted by atomic mass is 32.2. The molecule has 0 radical (unpaired) electrons. The number of rotatable bonds is 9. The number of hydrogen-bond acceptors (Lipinski definition) is 7. The van der Waals surface area contributed by atoms with E-state index in [1.54, 1.807) is 11.8 Å². The minimum absolute atomic E-state index is 0.00825. The summed E-state index contributed by atoms with van der Waals surface area (Å²) < 4.78 is 0. The van der Waals surface area contributed by atoms with E-state index in [4.69, 9.17) is 11.5 Å². The van der Waals surface area contributed by atoms with Crippen LogP contribution in [0.2, 0.25) is 0 Å². The van der Waals surface area contributed by atoms with Crippen molar-refractivity contribution in [2.45, 2.75) is 25.6 Å². The van der Waals surface area contributed by atoms with Crippen LogP contribution in [-0.2, 0) is 10.5 Å². The average molecular weight is 388 g/mol. The van der Waals surface area contributed by atoms with Crippen molar-refractivity contribution in [1.82, 2.24) is 9.97 Å². The maximum absolute atomic E-state index is 11.7. The summed E-state index contributed by atoms with van der Waals surface area (Å²) in [6, 6.07) is 7.13. The molecular weight excluding hydrogens is 364 g/mol. The second-order valence-electron chi connectivity index (χ2n) is 6.34. The number of anilines is 3. The van der Waals surface area contributed by atoms with Crippen molar-refractivity contribution in [1.29, 1.82) is 0 Å². The van der Waals surface area contributed by atoms with Gasteiger partial charge in [-0.05, 0) is 29.9 Å². The molecular formula is C18H24N6O2S. The monoisotopic (exact) mass is 388 g/mol. The van der Waals surface area contributed by atoms with Crippen molar-refractivity contribution >= 4 is 40.9 Å². The Balaban J connectivity index is 2.29. The Kier molecular flexibility index (Phi) is 7.00. The fourth-order valence-electron chi connectivity index (χ4n) is 2.44. The van der Waals surface area contributed by atoms with E-state index in [0.717, 1.165) is 11.4 Å². The van der Waals surface area contributed by atoms with Gasteiger partial charge in [0.05, 0.1) is 6.20 Å². The highest BCUT2D eigenvalue weighted by Gasteiger charge is 2.21. The molecule has 2 aromatic rings. The van der Waals surface area contributed by atoms with E-state index in [1.807, 2.05) is 44.4 Å². The number of benzene rings is 1. The molecule has 0 saturated carbocycles. The van der Waals surface area contributed by atoms with Gasteiger partial charge in [0, 0.05) is 11.4 Å². The zero-order valence-electron chi connectivity index (χ0n) is 15.5. The summed E-state index contributed by atoms with van der Waals surface area (Å²) in [5.41, 5.74) is 12.8. The second-order valence-corrected chi connectivity index (χ2v) is 7.21. The minimum Gasteiger partial charge on any atom is -0.368 e. The molecule has 0 spiro atoms. The van der Waals surface area contributed by atoms with Crippen LogP contribution in [0.1, 0.15) is 29.9 Å². The summed E-state index contributed by atoms with van der Waals surface area (Å²) in [7, 11) is 0. The average Bonchev–Trinajstić information content (AvgIpc) is 2.61. The van der Waals surface area contributed by atoms with Gasteiger partial charge in [0.1, 0.15) is 11.9 Å². The smallest absolute Gasteiger partial charge is 0.271 e. The van der Waals surface area contributed by atoms with Crippen LogP contribution < -0.4 is 22.1 Å². The quantitative estimate of drug-likeness (QED) is 0.516. The summed E-state index contributed by atoms with van der Waals surface area (Å²) in [6.45, 7) is 3.73. The zero-order valence-corrected chi connectivity index (χ0v) is 16.3. The molecule has 1 unspecified atom stereocenters. The highest BCUT2D eigenvalue weighted by molar-refractivity contribution is 7.97. The van der Waals surface area contributed by atoms with E-state index in [0.29, 0.717) is 5.82 Å². The maximum atomic E-state index is 11.7. The molecule has 1 atom stereocenters. The lowest BCUT2D eigenvalue weighted by Crippen LogP contribution is -2.39. The van der Waals surface area contributed by atoms with Crippen LogP contribution in [0.25, 0.3) is 0 Å². The van der Waals surface area contributed by atoms with E-state index in [9.17, 15) is 9.59 Å². The van der Waals surface area contributed by atoms with Crippen molar-refractivity contribution < 1.29 is 9.59 Å². The Bertz CT molecular complexity index is 810. The first-order valence-electron chi connectivity index (χ1n) is 8.39. The van der Waals surface area contributed by atoms with E-state index in [1.165, 1.54) is 11.8 Å². The van der Waals surface area contributed by atoms with Crippen LogP contribution >= 0.6 is 11.8 Å². The second kappa shape index (κ2) is 9.22. The molecule has 2 amide bonds. The van der Waals surface area contributed by atoms with Crippen LogP contribution in [0.4, 0.5) is 17.3 Å². The molecule has 144 valence electrons. The van der Waals surface area contributed by atoms with Crippen molar-refractivity contribution in [3.8, 4) is 0 Å². The van der Waals surface area contributed by atoms with Gasteiger partial charge >= 0.3 is 0 Å². The third-order valence-electron chi connectivity index (χ3n) is 3.81. The van der Waals surface area contributed by atoms with Gasteiger partial charge in [0.2, 0.25) is 5.91 Å². The van der Waals surface area contributed by atoms with Crippen LogP contribution in [0, 0.1) is 5.92 Å². The van der Waals surface area contributed by atoms with E-state index in [2.05, 4.69) is 20.6 Å². The normalized spacial score (nSPS) is 11.9. The fraction of sp³-hybridized carbons (Fsp3) is 0.333. The molecule has 0 saturated heterocycles. The molecule has 1 aromatic carbocycles. The molecule has 0 bridgehead atoms. The van der Waals surface area contributed by atoms with Crippen LogP contribution in [0.5, 0.6) is 0 Å². The SMILES string of the molecule is CSCc1ccc(Nc2nc(NC(C(N)=O)C(C)C)cnc2C(N)=O)cc1. The van der Waals surface area contributed by atoms with Gasteiger partial charge in [-0.1, -0.05) is 26.0 Å². The van der Waals surface area contributed by atoms with Gasteiger partial charge < -0.3 is 22.1 Å². The Morgan fingerprint density at radius 2 is 1.85 bits per heavy atom. The molecule has 2 rings (SSSR count). The van der Waals surface area contributed by atoms with Crippen LogP contribution in [0.15, 0.2) is 30.5 Å². The van der Waals surface area contributed by atoms with E-state index < -0.39 is 17.9 Å². The number of nitrogens with zero attached hydrogens (tertiary/aromatic N) is 2. The number of nitrogens with one attached hydrogen (secondary N) is 2. The zero-order chi connectivity index (χ0) is 20.0. The summed E-state index contributed by atoms with van der Waals surface area (Å²) >= 11 is 1.73. The lowest BCUT2D eigenvalue weighted by molar-refractivity contribution is -0.119. The number of hydrogen-bond donors (Lipinski definition) is 4. The predicted octanol–water partition coefficient (Wildman–Crippen LogP) is 2.10. The summed E-state index contributed by atoms with van der Waals surface area (Å²) in [6.07, 6.45) is 3.39. The highest BCUT2D eigenvalue weighted by Crippen LogP contribution is 2.21. The van der Waals surface area contributed by atoms with Crippen molar-refractivity contribution in [2.24, 2.45) is 17.4 Å². The Labute approximate surface area is 162 Å². The summed E-state index contributed by atoms with van der Waals surface area (Å²) in [4.78, 5) is 31.7. The Morgan fingerprint density at radius 1 is 1.19 bits per heavy atom. The molecule has 0 fully saturated rings. The number of carbonyl (C=O) groups excluding carboxylic acids is 2. The molecule has 0 aliphatic carbocycles. The molecule has 6 N–H and O–H groups in total. The van der Waals surface area contributed by atoms with Gasteiger partial charge in [0.15, 0.2) is 11.5 Å². The Morgan fingerprint density at radius 3 is 2.37 bits per heavy atom. The van der Waals surface area contributed by atoms with Gasteiger partial charge in [-0.15, -0.1) is 0 Å². The first-order chi connectivity index (χ1) is 12.8. The fourth-order valence-corrected chi connectivity index (χ4v) is 2.97. The third-order valence-corrected chi connectivity index (χ3v) is 4.43. The topological polar surface area (TPSA) is 136 Å². The number of carbonyl (C=O) groups is 2. The van der Waals surface area contributed by atoms with E-state index >= 15 is 0 Å². The van der Waals surface area contributed by atoms with Crippen molar-refractivity contribution in [3.63, 3.8) is 0 Å². The molecule has 27 heavy (non-hydrogen) atoms. The number of aromatic nitrogens is 2. The summed E-state index contributed by atoms with van der Waals surface area (Å²) in [5, 5.41) is 6.01. The minimum atomic E-state index is -0.703. The Hall–Kier alpha value is -2.81. The molecule has 0 aliphatic rings. The van der Waals surface area contributed by atoms with Crippen molar-refractivity contribution in [3.05, 3.63) is 41.7 Å². The first kappa shape index (κ1) is 20.5. The molecule has 8 nitrogen and oxygen atoms in total. The number of primary amides is 2. The number of nitrogens with two attached hydrogens (primary N) is 2. The molecule has 1 heterocycles. The molecule has 0 aliphatic heterocycles. The van der Waals surface area contributed by atoms with Gasteiger partial charge in [0.25, 0.3) is 5.91 Å². The van der Waals surface area contributed by atoms with Gasteiger partial charge in [-0.2, -0.15) is 11.8 Å². The maximum Gasteiger partial charge on any atom is 0.271 e. The first-order valence-corrected chi connectivity index (χ1v) is 9.78. The number of amides is 2. The lowest BCUT2D eigenvalue weighted by Gasteiger charge is -2.20. The van der Waals surface area contributed by atoms with E-state index in [-0.39, 0.29) is 17.4 Å². The molecule has 1 aromatic heterocycles. The van der Waals surface area contributed by atoms with Gasteiger partial charge in [-0.25, -0.2) is 9.97 Å². The predicted molar refractivity (Wildman–Crippen MR) is 109 cm³/mol. The number of thioether (sulfide) groups is 1. The molecule has 9 heteroatoms. The standard InChI is InChI=1S/C18H24N6O2S/c1-10(2)14(16(19)25)23-13-8-21-15(17(20)26)18(24-13)22-12-6-4-11(5-7-12)9-27-3/h4-8,10,14H,9H2,1-3H3,(H2,19,25)(H2,20,26)(H2,22,23,24). The largest absolute Gasteiger partial charge is 0.368 e. The van der Waals surface area contributed by atoms with Crippen LogP contribution in [-0.4, -0.2) is 34.1 Å².